The van der Waals surface area contributed by atoms with Gasteiger partial charge in [0.1, 0.15) is 5.75 Å². The predicted molar refractivity (Wildman–Crippen MR) is 104 cm³/mol. The number of carbonyl (C=O) groups excluding carboxylic acids is 2. The molecule has 3 N–H and O–H groups in total. The first-order valence-electron chi connectivity index (χ1n) is 7.74. The summed E-state index contributed by atoms with van der Waals surface area (Å²) >= 11 is 2.48. The molecule has 0 aliphatic heterocycles. The van der Waals surface area contributed by atoms with Gasteiger partial charge in [0.25, 0.3) is 0 Å². The third-order valence-corrected chi connectivity index (χ3v) is 4.79. The minimum absolute atomic E-state index is 0.0792. The van der Waals surface area contributed by atoms with E-state index in [-0.39, 0.29) is 17.2 Å². The summed E-state index contributed by atoms with van der Waals surface area (Å²) < 4.78 is 5.67. The van der Waals surface area contributed by atoms with Gasteiger partial charge in [-0.2, -0.15) is 0 Å². The normalized spacial score (nSPS) is 10.9. The van der Waals surface area contributed by atoms with Crippen LogP contribution < -0.4 is 20.7 Å². The number of rotatable bonds is 6. The second kappa shape index (κ2) is 8.86. The number of amides is 3. The van der Waals surface area contributed by atoms with E-state index < -0.39 is 6.03 Å². The Labute approximate surface area is 160 Å². The average molecular weight is 396 g/mol. The molecule has 8 nitrogen and oxygen atoms in total. The van der Waals surface area contributed by atoms with Gasteiger partial charge in [-0.05, 0) is 45.0 Å². The molecule has 0 radical (unpaired) electrons. The lowest BCUT2D eigenvalue weighted by atomic mass is 10.1. The maximum absolute atomic E-state index is 12.0. The number of benzene rings is 1. The summed E-state index contributed by atoms with van der Waals surface area (Å²) in [6.45, 7) is 5.76. The Morgan fingerprint density at radius 3 is 2.46 bits per heavy atom. The molecule has 2 rings (SSSR count). The van der Waals surface area contributed by atoms with E-state index in [0.29, 0.717) is 20.9 Å². The highest BCUT2D eigenvalue weighted by atomic mass is 32.2. The lowest BCUT2D eigenvalue weighted by Crippen LogP contribution is -2.41. The molecule has 0 unspecified atom stereocenters. The Bertz CT molecular complexity index is 756. The molecular weight excluding hydrogens is 374 g/mol. The van der Waals surface area contributed by atoms with Gasteiger partial charge in [0.2, 0.25) is 11.0 Å². The highest BCUT2D eigenvalue weighted by Crippen LogP contribution is 2.25. The lowest BCUT2D eigenvalue weighted by molar-refractivity contribution is -0.119. The van der Waals surface area contributed by atoms with Crippen molar-refractivity contribution < 1.29 is 14.3 Å². The van der Waals surface area contributed by atoms with Crippen LogP contribution in [0.3, 0.4) is 0 Å². The average Bonchev–Trinajstić information content (AvgIpc) is 2.99. The first kappa shape index (κ1) is 20.0. The van der Waals surface area contributed by atoms with Gasteiger partial charge < -0.3 is 15.4 Å². The van der Waals surface area contributed by atoms with Crippen molar-refractivity contribution in [3.8, 4) is 5.75 Å². The van der Waals surface area contributed by atoms with E-state index in [1.54, 1.807) is 31.4 Å². The minimum atomic E-state index is -0.423. The topological polar surface area (TPSA) is 105 Å². The zero-order valence-electron chi connectivity index (χ0n) is 15.0. The van der Waals surface area contributed by atoms with Crippen LogP contribution >= 0.6 is 23.1 Å². The van der Waals surface area contributed by atoms with Gasteiger partial charge in [0.05, 0.1) is 12.9 Å². The number of methoxy groups -OCH3 is 1. The molecule has 0 spiro atoms. The largest absolute Gasteiger partial charge is 0.497 e. The number of urea groups is 1. The van der Waals surface area contributed by atoms with Crippen molar-refractivity contribution in [1.82, 2.24) is 15.5 Å². The van der Waals surface area contributed by atoms with E-state index in [1.165, 1.54) is 23.1 Å². The zero-order valence-corrected chi connectivity index (χ0v) is 16.6. The molecule has 1 aromatic heterocycles. The molecule has 2 aromatic rings. The Hall–Kier alpha value is -2.33. The van der Waals surface area contributed by atoms with Gasteiger partial charge in [0, 0.05) is 11.2 Å². The second-order valence-corrected chi connectivity index (χ2v) is 8.47. The Morgan fingerprint density at radius 1 is 1.15 bits per heavy atom. The summed E-state index contributed by atoms with van der Waals surface area (Å²) in [6.07, 6.45) is 0. The number of carbonyl (C=O) groups is 2. The molecule has 0 atom stereocenters. The molecule has 140 valence electrons. The summed E-state index contributed by atoms with van der Waals surface area (Å²) in [5, 5.41) is 16.4. The number of thioether (sulfide) groups is 1. The van der Waals surface area contributed by atoms with Gasteiger partial charge in [0.15, 0.2) is 4.34 Å². The van der Waals surface area contributed by atoms with Crippen molar-refractivity contribution >= 4 is 45.9 Å². The molecule has 0 aliphatic rings. The Morgan fingerprint density at radius 2 is 1.85 bits per heavy atom. The highest BCUT2D eigenvalue weighted by Gasteiger charge is 2.15. The van der Waals surface area contributed by atoms with E-state index in [9.17, 15) is 9.59 Å². The van der Waals surface area contributed by atoms with Crippen molar-refractivity contribution in [2.75, 3.05) is 23.5 Å². The van der Waals surface area contributed by atoms with Crippen LogP contribution in [0.5, 0.6) is 5.75 Å². The van der Waals surface area contributed by atoms with Crippen LogP contribution in [0.15, 0.2) is 28.6 Å². The van der Waals surface area contributed by atoms with Crippen LogP contribution in [0.4, 0.5) is 15.6 Å². The maximum Gasteiger partial charge on any atom is 0.325 e. The first-order valence-corrected chi connectivity index (χ1v) is 9.55. The molecule has 0 saturated carbocycles. The molecular formula is C16H21N5O3S2. The summed E-state index contributed by atoms with van der Waals surface area (Å²) in [5.41, 5.74) is 0.353. The van der Waals surface area contributed by atoms with E-state index >= 15 is 0 Å². The number of nitrogens with zero attached hydrogens (tertiary/aromatic N) is 2. The third kappa shape index (κ3) is 6.89. The van der Waals surface area contributed by atoms with Crippen LogP contribution in [0, 0.1) is 0 Å². The number of anilines is 2. The van der Waals surface area contributed by atoms with Crippen molar-refractivity contribution in [3.05, 3.63) is 24.3 Å². The van der Waals surface area contributed by atoms with Crippen LogP contribution in [0.25, 0.3) is 0 Å². The molecule has 3 amide bonds. The quantitative estimate of drug-likeness (QED) is 0.512. The zero-order chi connectivity index (χ0) is 19.2. The molecule has 0 aliphatic carbocycles. The Kier molecular flexibility index (Phi) is 6.81. The number of hydrogen-bond acceptors (Lipinski definition) is 7. The molecule has 1 aromatic carbocycles. The van der Waals surface area contributed by atoms with Crippen LogP contribution in [-0.4, -0.2) is 40.5 Å². The van der Waals surface area contributed by atoms with Gasteiger partial charge in [-0.3, -0.25) is 10.1 Å². The summed E-state index contributed by atoms with van der Waals surface area (Å²) in [4.78, 5) is 23.8. The number of hydrogen-bond donors (Lipinski definition) is 3. The van der Waals surface area contributed by atoms with Crippen molar-refractivity contribution in [1.29, 1.82) is 0 Å². The third-order valence-electron chi connectivity index (χ3n) is 2.82. The van der Waals surface area contributed by atoms with Gasteiger partial charge in [-0.1, -0.05) is 23.1 Å². The smallest absolute Gasteiger partial charge is 0.325 e. The molecule has 1 heterocycles. The van der Waals surface area contributed by atoms with E-state index in [4.69, 9.17) is 4.74 Å². The fraction of sp³-hybridized carbons (Fsp3) is 0.375. The number of nitrogens with one attached hydrogen (secondary N) is 3. The number of aromatic nitrogens is 2. The summed E-state index contributed by atoms with van der Waals surface area (Å²) in [7, 11) is 1.58. The Balaban J connectivity index is 1.81. The first-order chi connectivity index (χ1) is 12.2. The van der Waals surface area contributed by atoms with Crippen LogP contribution in [0.1, 0.15) is 20.8 Å². The van der Waals surface area contributed by atoms with Crippen molar-refractivity contribution in [3.63, 3.8) is 0 Å². The van der Waals surface area contributed by atoms with Gasteiger partial charge >= 0.3 is 6.03 Å². The lowest BCUT2D eigenvalue weighted by Gasteiger charge is -2.19. The van der Waals surface area contributed by atoms with E-state index in [1.807, 2.05) is 20.8 Å². The molecule has 26 heavy (non-hydrogen) atoms. The molecule has 0 fully saturated rings. The van der Waals surface area contributed by atoms with Crippen LogP contribution in [-0.2, 0) is 4.79 Å². The highest BCUT2D eigenvalue weighted by molar-refractivity contribution is 8.01. The van der Waals surface area contributed by atoms with Crippen molar-refractivity contribution in [2.45, 2.75) is 30.6 Å². The number of ether oxygens (including phenoxy) is 1. The fourth-order valence-corrected chi connectivity index (χ4v) is 3.38. The maximum atomic E-state index is 12.0. The molecule has 10 heteroatoms. The summed E-state index contributed by atoms with van der Waals surface area (Å²) in [6, 6.07) is 6.53. The summed E-state index contributed by atoms with van der Waals surface area (Å²) in [5.74, 6) is 0.867. The fourth-order valence-electron chi connectivity index (χ4n) is 1.83. The van der Waals surface area contributed by atoms with Crippen LogP contribution in [0.2, 0.25) is 0 Å². The monoisotopic (exact) mass is 395 g/mol. The van der Waals surface area contributed by atoms with Gasteiger partial charge in [-0.15, -0.1) is 10.2 Å². The SMILES string of the molecule is COc1ccc(NC(=O)Nc2nnc(SCC(=O)NC(C)(C)C)s2)cc1. The molecule has 0 saturated heterocycles. The van der Waals surface area contributed by atoms with E-state index in [2.05, 4.69) is 26.1 Å². The van der Waals surface area contributed by atoms with E-state index in [0.717, 1.165) is 0 Å². The van der Waals surface area contributed by atoms with Crippen molar-refractivity contribution in [2.24, 2.45) is 0 Å². The second-order valence-electron chi connectivity index (χ2n) is 6.27. The molecule has 0 bridgehead atoms. The minimum Gasteiger partial charge on any atom is -0.497 e. The predicted octanol–water partition coefficient (Wildman–Crippen LogP) is 3.20. The standard InChI is InChI=1S/C16H21N5O3S2/c1-16(2,3)19-12(22)9-25-15-21-20-14(26-15)18-13(23)17-10-5-7-11(24-4)8-6-10/h5-8H,9H2,1-4H3,(H,19,22)(H2,17,18,20,23). The van der Waals surface area contributed by atoms with Gasteiger partial charge in [-0.25, -0.2) is 4.79 Å².